The zero-order valence-corrected chi connectivity index (χ0v) is 15.0. The lowest BCUT2D eigenvalue weighted by Crippen LogP contribution is -2.55. The van der Waals surface area contributed by atoms with Gasteiger partial charge in [-0.1, -0.05) is 11.6 Å². The van der Waals surface area contributed by atoms with Gasteiger partial charge in [-0.05, 0) is 37.5 Å². The van der Waals surface area contributed by atoms with Gasteiger partial charge in [0.2, 0.25) is 0 Å². The average Bonchev–Trinajstić information content (AvgIpc) is 2.56. The van der Waals surface area contributed by atoms with Gasteiger partial charge in [-0.15, -0.1) is 0 Å². The number of carbonyl (C=O) groups excluding carboxylic acids is 2. The molecule has 25 heavy (non-hydrogen) atoms. The van der Waals surface area contributed by atoms with E-state index in [0.717, 1.165) is 24.1 Å². The summed E-state index contributed by atoms with van der Waals surface area (Å²) >= 11 is 10.9. The molecule has 2 amide bonds. The van der Waals surface area contributed by atoms with E-state index in [9.17, 15) is 14.0 Å². The summed E-state index contributed by atoms with van der Waals surface area (Å²) < 4.78 is 13.4. The van der Waals surface area contributed by atoms with Crippen LogP contribution in [-0.4, -0.2) is 60.0 Å². The van der Waals surface area contributed by atoms with Gasteiger partial charge in [-0.2, -0.15) is 0 Å². The fourth-order valence-electron chi connectivity index (χ4n) is 2.64. The number of carbonyl (C=O) groups is 2. The zero-order valence-electron chi connectivity index (χ0n) is 13.5. The molecule has 1 aromatic carbocycles. The Hall–Kier alpha value is -2.03. The van der Waals surface area contributed by atoms with Crippen molar-refractivity contribution < 1.29 is 14.0 Å². The predicted molar refractivity (Wildman–Crippen MR) is 96.8 cm³/mol. The van der Waals surface area contributed by atoms with Crippen molar-refractivity contribution >= 4 is 46.4 Å². The van der Waals surface area contributed by atoms with E-state index in [2.05, 4.69) is 10.2 Å². The largest absolute Gasteiger partial charge is 0.374 e. The second-order valence-corrected chi connectivity index (χ2v) is 6.67. The van der Waals surface area contributed by atoms with Crippen molar-refractivity contribution in [2.45, 2.75) is 0 Å². The Bertz CT molecular complexity index is 777. The van der Waals surface area contributed by atoms with E-state index in [0.29, 0.717) is 18.8 Å². The molecule has 2 aliphatic rings. The first kappa shape index (κ1) is 17.8. The van der Waals surface area contributed by atoms with Crippen LogP contribution in [0.25, 0.3) is 0 Å². The Morgan fingerprint density at radius 2 is 1.92 bits per heavy atom. The number of halogens is 2. The van der Waals surface area contributed by atoms with Crippen LogP contribution < -0.4 is 10.2 Å². The fourth-order valence-corrected chi connectivity index (χ4v) is 3.09. The van der Waals surface area contributed by atoms with Gasteiger partial charge >= 0.3 is 0 Å². The van der Waals surface area contributed by atoms with Gasteiger partial charge in [0.1, 0.15) is 11.4 Å². The maximum atomic E-state index is 13.4. The fraction of sp³-hybridized carbons (Fsp3) is 0.312. The minimum Gasteiger partial charge on any atom is -0.374 e. The highest BCUT2D eigenvalue weighted by molar-refractivity contribution is 7.80. The summed E-state index contributed by atoms with van der Waals surface area (Å²) in [5.41, 5.74) is 0.282. The molecule has 132 valence electrons. The Balaban J connectivity index is 1.90. The van der Waals surface area contributed by atoms with Crippen molar-refractivity contribution in [1.82, 2.24) is 15.1 Å². The maximum Gasteiger partial charge on any atom is 0.271 e. The number of hydrogen-bond donors (Lipinski definition) is 1. The van der Waals surface area contributed by atoms with Crippen molar-refractivity contribution in [2.24, 2.45) is 0 Å². The molecule has 2 saturated heterocycles. The van der Waals surface area contributed by atoms with E-state index >= 15 is 0 Å². The van der Waals surface area contributed by atoms with Crippen LogP contribution in [0.1, 0.15) is 0 Å². The van der Waals surface area contributed by atoms with Gasteiger partial charge in [-0.3, -0.25) is 19.8 Å². The molecule has 0 spiro atoms. The molecule has 1 N–H and O–H groups in total. The van der Waals surface area contributed by atoms with E-state index in [1.165, 1.54) is 12.1 Å². The van der Waals surface area contributed by atoms with E-state index in [1.54, 1.807) is 6.20 Å². The molecule has 2 aliphatic heterocycles. The number of likely N-dealkylation sites (N-methyl/N-ethyl adjacent to an activating group) is 1. The first-order chi connectivity index (χ1) is 11.9. The predicted octanol–water partition coefficient (Wildman–Crippen LogP) is 1.36. The number of thiocarbonyl (C=S) groups is 1. The number of rotatable bonds is 2. The average molecular weight is 383 g/mol. The number of nitrogens with one attached hydrogen (secondary N) is 1. The van der Waals surface area contributed by atoms with Crippen LogP contribution in [0.3, 0.4) is 0 Å². The molecule has 0 unspecified atom stereocenters. The lowest BCUT2D eigenvalue weighted by Gasteiger charge is -2.34. The van der Waals surface area contributed by atoms with E-state index in [1.807, 2.05) is 11.9 Å². The minimum atomic E-state index is -0.599. The monoisotopic (exact) mass is 382 g/mol. The standard InChI is InChI=1S/C16H16ClFN4O2S/c1-20-4-6-21(7-5-20)9-11-14(23)19-16(25)22(15(11)24)10-2-3-13(18)12(17)8-10/h2-3,8-9H,4-7H2,1H3,(H,19,23,25)/b11-9-. The van der Waals surface area contributed by atoms with E-state index < -0.39 is 17.6 Å². The van der Waals surface area contributed by atoms with Gasteiger partial charge in [0.15, 0.2) is 5.11 Å². The third-order valence-electron chi connectivity index (χ3n) is 4.11. The first-order valence-electron chi connectivity index (χ1n) is 7.66. The third kappa shape index (κ3) is 3.65. The third-order valence-corrected chi connectivity index (χ3v) is 4.69. The normalized spacial score (nSPS) is 21.1. The lowest BCUT2D eigenvalue weighted by atomic mass is 10.1. The summed E-state index contributed by atoms with van der Waals surface area (Å²) in [6, 6.07) is 3.83. The molecule has 0 bridgehead atoms. The van der Waals surface area contributed by atoms with Crippen molar-refractivity contribution in [3.63, 3.8) is 0 Å². The van der Waals surface area contributed by atoms with Crippen LogP contribution in [0.5, 0.6) is 0 Å². The maximum absolute atomic E-state index is 13.4. The summed E-state index contributed by atoms with van der Waals surface area (Å²) in [5, 5.41) is 2.30. The van der Waals surface area contributed by atoms with Gasteiger partial charge in [0, 0.05) is 32.4 Å². The summed E-state index contributed by atoms with van der Waals surface area (Å²) in [4.78, 5) is 30.3. The number of benzene rings is 1. The van der Waals surface area contributed by atoms with Crippen LogP contribution in [-0.2, 0) is 9.59 Å². The summed E-state index contributed by atoms with van der Waals surface area (Å²) in [7, 11) is 2.02. The van der Waals surface area contributed by atoms with Crippen molar-refractivity contribution in [2.75, 3.05) is 38.1 Å². The second-order valence-electron chi connectivity index (χ2n) is 5.88. The number of piperazine rings is 1. The topological polar surface area (TPSA) is 55.9 Å². The Morgan fingerprint density at radius 1 is 1.24 bits per heavy atom. The van der Waals surface area contributed by atoms with E-state index in [-0.39, 0.29) is 15.7 Å². The number of amides is 2. The van der Waals surface area contributed by atoms with Gasteiger partial charge < -0.3 is 9.80 Å². The molecule has 2 heterocycles. The molecule has 0 radical (unpaired) electrons. The molecule has 2 fully saturated rings. The molecule has 0 aliphatic carbocycles. The van der Waals surface area contributed by atoms with Crippen molar-refractivity contribution in [3.05, 3.63) is 40.8 Å². The zero-order chi connectivity index (χ0) is 18.1. The van der Waals surface area contributed by atoms with E-state index in [4.69, 9.17) is 23.8 Å². The number of hydrogen-bond acceptors (Lipinski definition) is 5. The van der Waals surface area contributed by atoms with Crippen molar-refractivity contribution in [3.8, 4) is 0 Å². The lowest BCUT2D eigenvalue weighted by molar-refractivity contribution is -0.122. The van der Waals surface area contributed by atoms with Gasteiger partial charge in [0.05, 0.1) is 10.7 Å². The van der Waals surface area contributed by atoms with Gasteiger partial charge in [0.25, 0.3) is 11.8 Å². The molecular formula is C16H16ClFN4O2S. The molecule has 3 rings (SSSR count). The van der Waals surface area contributed by atoms with Crippen LogP contribution in [0.4, 0.5) is 10.1 Å². The molecule has 0 aromatic heterocycles. The summed E-state index contributed by atoms with van der Waals surface area (Å²) in [5.74, 6) is -1.70. The number of anilines is 1. The molecule has 9 heteroatoms. The van der Waals surface area contributed by atoms with Crippen LogP contribution >= 0.6 is 23.8 Å². The van der Waals surface area contributed by atoms with Crippen LogP contribution in [0.15, 0.2) is 30.0 Å². The Morgan fingerprint density at radius 3 is 2.56 bits per heavy atom. The summed E-state index contributed by atoms with van der Waals surface area (Å²) in [6.07, 6.45) is 1.56. The molecule has 0 saturated carbocycles. The van der Waals surface area contributed by atoms with Crippen LogP contribution in [0.2, 0.25) is 5.02 Å². The highest BCUT2D eigenvalue weighted by Crippen LogP contribution is 2.26. The molecule has 1 aromatic rings. The van der Waals surface area contributed by atoms with Crippen LogP contribution in [0, 0.1) is 5.82 Å². The molecule has 0 atom stereocenters. The summed E-state index contributed by atoms with van der Waals surface area (Å²) in [6.45, 7) is 3.12. The SMILES string of the molecule is CN1CCN(/C=C2/C(=O)NC(=S)N(c3ccc(F)c(Cl)c3)C2=O)CC1. The molecular weight excluding hydrogens is 367 g/mol. The smallest absolute Gasteiger partial charge is 0.271 e. The second kappa shape index (κ2) is 7.07. The van der Waals surface area contributed by atoms with Gasteiger partial charge in [-0.25, -0.2) is 4.39 Å². The van der Waals surface area contributed by atoms with Crippen molar-refractivity contribution in [1.29, 1.82) is 0 Å². The highest BCUT2D eigenvalue weighted by atomic mass is 35.5. The number of nitrogens with zero attached hydrogens (tertiary/aromatic N) is 3. The highest BCUT2D eigenvalue weighted by Gasteiger charge is 2.35. The first-order valence-corrected chi connectivity index (χ1v) is 8.44. The quantitative estimate of drug-likeness (QED) is 0.475. The molecule has 6 nitrogen and oxygen atoms in total. The Labute approximate surface area is 154 Å². The Kier molecular flexibility index (Phi) is 5.03. The minimum absolute atomic E-state index is 0.0152.